The van der Waals surface area contributed by atoms with E-state index in [1.54, 1.807) is 0 Å². The second kappa shape index (κ2) is 6.73. The number of hydrogen-bond acceptors (Lipinski definition) is 2. The van der Waals surface area contributed by atoms with Crippen LogP contribution in [-0.4, -0.2) is 32.3 Å². The minimum atomic E-state index is -0.118. The lowest BCUT2D eigenvalue weighted by atomic mass is 9.68. The smallest absolute Gasteiger partial charge is 0.113 e. The summed E-state index contributed by atoms with van der Waals surface area (Å²) in [4.78, 5) is 3.22. The van der Waals surface area contributed by atoms with Crippen molar-refractivity contribution in [1.82, 2.24) is 14.7 Å². The van der Waals surface area contributed by atoms with Crippen LogP contribution in [0, 0.1) is 6.92 Å². The molecule has 0 spiro atoms. The molecule has 2 aromatic rings. The zero-order valence-corrected chi connectivity index (χ0v) is 18.9. The van der Waals surface area contributed by atoms with E-state index in [1.165, 1.54) is 11.1 Å². The lowest BCUT2D eigenvalue weighted by molar-refractivity contribution is 0.136. The summed E-state index contributed by atoms with van der Waals surface area (Å²) in [5, 5.41) is 4.75. The number of thiocarbonyl (C=S) groups is 1. The number of aryl methyl sites for hydroxylation is 2. The molecule has 1 heterocycles. The van der Waals surface area contributed by atoms with E-state index in [4.69, 9.17) is 17.3 Å². The number of benzene rings is 1. The van der Waals surface area contributed by atoms with E-state index >= 15 is 0 Å². The van der Waals surface area contributed by atoms with E-state index in [9.17, 15) is 0 Å². The van der Waals surface area contributed by atoms with Crippen LogP contribution in [0.5, 0.6) is 0 Å². The molecule has 0 saturated heterocycles. The number of nitrogens with zero attached hydrogens (tertiary/aromatic N) is 3. The SMILES string of the molecule is Cc1c(C(=S)N(C)C(C)(C)C2(C)CCc3ccccc32)c(C(C)C)nn1C. The second-order valence-corrected chi connectivity index (χ2v) is 9.42. The fourth-order valence-corrected chi connectivity index (χ4v) is 5.01. The molecule has 0 fully saturated rings. The van der Waals surface area contributed by atoms with Crippen LogP contribution >= 0.6 is 12.2 Å². The van der Waals surface area contributed by atoms with Crippen molar-refractivity contribution in [3.63, 3.8) is 0 Å². The molecular formula is C23H33N3S. The van der Waals surface area contributed by atoms with Gasteiger partial charge in [0.15, 0.2) is 0 Å². The highest BCUT2D eigenvalue weighted by atomic mass is 32.1. The molecule has 1 aliphatic rings. The summed E-state index contributed by atoms with van der Waals surface area (Å²) in [6.45, 7) is 13.6. The highest BCUT2D eigenvalue weighted by molar-refractivity contribution is 7.80. The summed E-state index contributed by atoms with van der Waals surface area (Å²) in [6, 6.07) is 8.89. The lowest BCUT2D eigenvalue weighted by Gasteiger charge is -2.49. The van der Waals surface area contributed by atoms with Crippen LogP contribution in [-0.2, 0) is 18.9 Å². The van der Waals surface area contributed by atoms with Gasteiger partial charge in [0.05, 0.1) is 11.3 Å². The summed E-state index contributed by atoms with van der Waals surface area (Å²) < 4.78 is 1.96. The Labute approximate surface area is 169 Å². The molecule has 1 aliphatic carbocycles. The maximum Gasteiger partial charge on any atom is 0.113 e. The maximum atomic E-state index is 6.06. The number of aromatic nitrogens is 2. The molecular weight excluding hydrogens is 350 g/mol. The Morgan fingerprint density at radius 3 is 2.56 bits per heavy atom. The van der Waals surface area contributed by atoms with Gasteiger partial charge in [0.2, 0.25) is 0 Å². The monoisotopic (exact) mass is 383 g/mol. The Morgan fingerprint density at radius 1 is 1.30 bits per heavy atom. The molecule has 3 nitrogen and oxygen atoms in total. The van der Waals surface area contributed by atoms with Crippen molar-refractivity contribution >= 4 is 17.2 Å². The quantitative estimate of drug-likeness (QED) is 0.682. The van der Waals surface area contributed by atoms with Gasteiger partial charge in [0, 0.05) is 30.7 Å². The zero-order chi connectivity index (χ0) is 20.1. The van der Waals surface area contributed by atoms with Gasteiger partial charge in [0.1, 0.15) is 4.99 Å². The van der Waals surface area contributed by atoms with E-state index in [2.05, 4.69) is 77.8 Å². The molecule has 27 heavy (non-hydrogen) atoms. The van der Waals surface area contributed by atoms with Crippen molar-refractivity contribution in [1.29, 1.82) is 0 Å². The first kappa shape index (κ1) is 20.1. The van der Waals surface area contributed by atoms with Crippen molar-refractivity contribution in [2.75, 3.05) is 7.05 Å². The summed E-state index contributed by atoms with van der Waals surface area (Å²) in [7, 11) is 4.16. The average molecular weight is 384 g/mol. The van der Waals surface area contributed by atoms with Crippen molar-refractivity contribution in [2.45, 2.75) is 71.3 Å². The van der Waals surface area contributed by atoms with E-state index < -0.39 is 0 Å². The standard InChI is InChI=1S/C23H33N3S/c1-15(2)20-19(16(3)26(8)24-20)21(27)25(7)22(4,5)23(6)14-13-17-11-9-10-12-18(17)23/h9-12,15H,13-14H2,1-8H3. The minimum absolute atomic E-state index is 0.0521. The zero-order valence-electron chi connectivity index (χ0n) is 18.1. The first-order chi connectivity index (χ1) is 12.5. The van der Waals surface area contributed by atoms with Gasteiger partial charge >= 0.3 is 0 Å². The first-order valence-corrected chi connectivity index (χ1v) is 10.3. The van der Waals surface area contributed by atoms with Gasteiger partial charge in [-0.1, -0.05) is 57.3 Å². The summed E-state index contributed by atoms with van der Waals surface area (Å²) in [5.74, 6) is 0.345. The van der Waals surface area contributed by atoms with E-state index in [0.717, 1.165) is 34.8 Å². The highest BCUT2D eigenvalue weighted by Crippen LogP contribution is 2.48. The van der Waals surface area contributed by atoms with Gasteiger partial charge in [-0.05, 0) is 50.7 Å². The van der Waals surface area contributed by atoms with E-state index in [0.29, 0.717) is 5.92 Å². The summed E-state index contributed by atoms with van der Waals surface area (Å²) >= 11 is 6.06. The minimum Gasteiger partial charge on any atom is -0.359 e. The van der Waals surface area contributed by atoms with Gasteiger partial charge < -0.3 is 4.90 Å². The normalized spacial score (nSPS) is 19.4. The number of rotatable bonds is 4. The van der Waals surface area contributed by atoms with Crippen molar-refractivity contribution < 1.29 is 0 Å². The fourth-order valence-electron chi connectivity index (χ4n) is 4.53. The Bertz CT molecular complexity index is 878. The Hall–Kier alpha value is -1.68. The van der Waals surface area contributed by atoms with Crippen LogP contribution < -0.4 is 0 Å². The van der Waals surface area contributed by atoms with Crippen molar-refractivity contribution in [3.8, 4) is 0 Å². The second-order valence-electron chi connectivity index (χ2n) is 9.04. The predicted octanol–water partition coefficient (Wildman–Crippen LogP) is 5.14. The van der Waals surface area contributed by atoms with Gasteiger partial charge in [-0.25, -0.2) is 0 Å². The van der Waals surface area contributed by atoms with E-state index in [1.807, 2.05) is 11.7 Å². The predicted molar refractivity (Wildman–Crippen MR) is 118 cm³/mol. The lowest BCUT2D eigenvalue weighted by Crippen LogP contribution is -2.57. The third kappa shape index (κ3) is 2.93. The average Bonchev–Trinajstić information content (AvgIpc) is 3.13. The van der Waals surface area contributed by atoms with Gasteiger partial charge in [-0.3, -0.25) is 4.68 Å². The summed E-state index contributed by atoms with van der Waals surface area (Å²) in [6.07, 6.45) is 2.29. The molecule has 0 bridgehead atoms. The van der Waals surface area contributed by atoms with Crippen LogP contribution in [0.2, 0.25) is 0 Å². The molecule has 3 rings (SSSR count). The van der Waals surface area contributed by atoms with Crippen LogP contribution in [0.1, 0.15) is 75.0 Å². The third-order valence-electron chi connectivity index (χ3n) is 7.12. The Morgan fingerprint density at radius 2 is 1.93 bits per heavy atom. The maximum absolute atomic E-state index is 6.06. The topological polar surface area (TPSA) is 21.1 Å². The molecule has 0 saturated carbocycles. The molecule has 0 radical (unpaired) electrons. The van der Waals surface area contributed by atoms with Crippen molar-refractivity contribution in [3.05, 3.63) is 52.3 Å². The fraction of sp³-hybridized carbons (Fsp3) is 0.565. The highest BCUT2D eigenvalue weighted by Gasteiger charge is 2.49. The van der Waals surface area contributed by atoms with Crippen LogP contribution in [0.25, 0.3) is 0 Å². The van der Waals surface area contributed by atoms with Crippen LogP contribution in [0.4, 0.5) is 0 Å². The molecule has 1 aromatic heterocycles. The molecule has 4 heteroatoms. The number of likely N-dealkylation sites (N-methyl/N-ethyl adjacent to an activating group) is 1. The molecule has 1 aromatic carbocycles. The van der Waals surface area contributed by atoms with Crippen LogP contribution in [0.3, 0.4) is 0 Å². The van der Waals surface area contributed by atoms with Gasteiger partial charge in [-0.15, -0.1) is 0 Å². The van der Waals surface area contributed by atoms with Gasteiger partial charge in [-0.2, -0.15) is 5.10 Å². The third-order valence-corrected chi connectivity index (χ3v) is 7.60. The molecule has 1 unspecified atom stereocenters. The van der Waals surface area contributed by atoms with Gasteiger partial charge in [0.25, 0.3) is 0 Å². The van der Waals surface area contributed by atoms with Crippen molar-refractivity contribution in [2.24, 2.45) is 7.05 Å². The number of fused-ring (bicyclic) bond motifs is 1. The number of hydrogen-bond donors (Lipinski definition) is 0. The molecule has 146 valence electrons. The molecule has 0 amide bonds. The first-order valence-electron chi connectivity index (χ1n) is 9.92. The van der Waals surface area contributed by atoms with E-state index in [-0.39, 0.29) is 11.0 Å². The molecule has 1 atom stereocenters. The summed E-state index contributed by atoms with van der Waals surface area (Å²) in [5.41, 5.74) is 6.25. The Balaban J connectivity index is 2.03. The molecule has 0 N–H and O–H groups in total. The largest absolute Gasteiger partial charge is 0.359 e. The van der Waals surface area contributed by atoms with Crippen LogP contribution in [0.15, 0.2) is 24.3 Å². The Kier molecular flexibility index (Phi) is 5.00. The molecule has 0 aliphatic heterocycles.